The number of hydrogen-bond acceptors (Lipinski definition) is 5. The highest BCUT2D eigenvalue weighted by molar-refractivity contribution is 7.89. The van der Waals surface area contributed by atoms with E-state index in [1.807, 2.05) is 0 Å². The van der Waals surface area contributed by atoms with Gasteiger partial charge >= 0.3 is 5.97 Å². The Morgan fingerprint density at radius 1 is 1.30 bits per heavy atom. The minimum atomic E-state index is -3.96. The predicted molar refractivity (Wildman–Crippen MR) is 78.4 cm³/mol. The molecule has 0 aromatic heterocycles. The molecule has 1 aromatic carbocycles. The normalized spacial score (nSPS) is 18.3. The average molecular weight is 347 g/mol. The standard InChI is InChI=1S/C14H18FNO6S/c15-14(9-21-4-5-22-10-14)8-16-23(19,20)12-3-1-2-11(6-12)7-13(17)18/h1-3,6,16H,4-5,7-10H2,(H,17,18). The summed E-state index contributed by atoms with van der Waals surface area (Å²) in [5.74, 6) is -1.07. The minimum absolute atomic E-state index is 0.115. The Morgan fingerprint density at radius 3 is 2.57 bits per heavy atom. The summed E-state index contributed by atoms with van der Waals surface area (Å²) in [6, 6.07) is 5.52. The molecule has 9 heteroatoms. The fraction of sp³-hybridized carbons (Fsp3) is 0.500. The van der Waals surface area contributed by atoms with Crippen LogP contribution < -0.4 is 4.72 Å². The van der Waals surface area contributed by atoms with Crippen molar-refractivity contribution >= 4 is 16.0 Å². The molecule has 0 unspecified atom stereocenters. The molecule has 1 aliphatic rings. The molecule has 1 heterocycles. The van der Waals surface area contributed by atoms with Gasteiger partial charge in [0.05, 0.1) is 37.7 Å². The summed E-state index contributed by atoms with van der Waals surface area (Å²) in [5.41, 5.74) is -1.60. The lowest BCUT2D eigenvalue weighted by atomic mass is 10.1. The van der Waals surface area contributed by atoms with Gasteiger partial charge in [0, 0.05) is 6.54 Å². The summed E-state index contributed by atoms with van der Waals surface area (Å²) in [6.45, 7) is -0.479. The van der Waals surface area contributed by atoms with Crippen molar-refractivity contribution in [2.24, 2.45) is 0 Å². The molecule has 0 radical (unpaired) electrons. The van der Waals surface area contributed by atoms with Gasteiger partial charge in [-0.3, -0.25) is 4.79 Å². The van der Waals surface area contributed by atoms with Crippen LogP contribution in [0.2, 0.25) is 0 Å². The van der Waals surface area contributed by atoms with E-state index in [-0.39, 0.29) is 37.7 Å². The molecule has 1 fully saturated rings. The van der Waals surface area contributed by atoms with Gasteiger partial charge in [0.25, 0.3) is 0 Å². The van der Waals surface area contributed by atoms with Gasteiger partial charge in [-0.05, 0) is 17.7 Å². The number of aliphatic carboxylic acids is 1. The molecule has 0 atom stereocenters. The first-order valence-electron chi connectivity index (χ1n) is 6.96. The van der Waals surface area contributed by atoms with Crippen LogP contribution in [0.4, 0.5) is 4.39 Å². The second-order valence-corrected chi connectivity index (χ2v) is 7.07. The van der Waals surface area contributed by atoms with E-state index < -0.39 is 28.2 Å². The number of halogens is 1. The molecule has 2 rings (SSSR count). The Kier molecular flexibility index (Phi) is 5.69. The van der Waals surface area contributed by atoms with Crippen LogP contribution in [0.5, 0.6) is 0 Å². The smallest absolute Gasteiger partial charge is 0.307 e. The molecule has 2 N–H and O–H groups in total. The second-order valence-electron chi connectivity index (χ2n) is 5.30. The first-order valence-corrected chi connectivity index (χ1v) is 8.44. The third-order valence-corrected chi connectivity index (χ3v) is 4.64. The molecule has 0 amide bonds. The highest BCUT2D eigenvalue weighted by Crippen LogP contribution is 2.17. The number of hydrogen-bond donors (Lipinski definition) is 2. The van der Waals surface area contributed by atoms with Crippen LogP contribution in [0.15, 0.2) is 29.2 Å². The van der Waals surface area contributed by atoms with Crippen molar-refractivity contribution in [3.8, 4) is 0 Å². The zero-order valence-electron chi connectivity index (χ0n) is 12.3. The van der Waals surface area contributed by atoms with Crippen molar-refractivity contribution in [1.82, 2.24) is 4.72 Å². The van der Waals surface area contributed by atoms with Crippen LogP contribution in [0.25, 0.3) is 0 Å². The van der Waals surface area contributed by atoms with Crippen LogP contribution in [-0.4, -0.2) is 58.1 Å². The van der Waals surface area contributed by atoms with Gasteiger partial charge in [-0.25, -0.2) is 17.5 Å². The maximum Gasteiger partial charge on any atom is 0.307 e. The molecule has 1 aliphatic heterocycles. The molecule has 1 saturated heterocycles. The Balaban J connectivity index is 2.07. The summed E-state index contributed by atoms with van der Waals surface area (Å²) in [7, 11) is -3.96. The largest absolute Gasteiger partial charge is 0.481 e. The maximum atomic E-state index is 14.5. The van der Waals surface area contributed by atoms with Crippen molar-refractivity contribution < 1.29 is 32.2 Å². The zero-order chi connectivity index (χ0) is 16.9. The second kappa shape index (κ2) is 7.35. The maximum absolute atomic E-state index is 14.5. The summed E-state index contributed by atoms with van der Waals surface area (Å²) in [5, 5.41) is 8.75. The van der Waals surface area contributed by atoms with Crippen LogP contribution in [0, 0.1) is 0 Å². The van der Waals surface area contributed by atoms with Crippen LogP contribution >= 0.6 is 0 Å². The molecular weight excluding hydrogens is 329 g/mol. The number of sulfonamides is 1. The third kappa shape index (κ3) is 5.24. The van der Waals surface area contributed by atoms with E-state index in [2.05, 4.69) is 4.72 Å². The lowest BCUT2D eigenvalue weighted by Gasteiger charge is -2.22. The highest BCUT2D eigenvalue weighted by atomic mass is 32.2. The van der Waals surface area contributed by atoms with Crippen LogP contribution in [-0.2, 0) is 30.7 Å². The number of ether oxygens (including phenoxy) is 2. The van der Waals surface area contributed by atoms with Crippen molar-refractivity contribution in [2.75, 3.05) is 33.0 Å². The average Bonchev–Trinajstić information content (AvgIpc) is 2.70. The van der Waals surface area contributed by atoms with Gasteiger partial charge in [-0.1, -0.05) is 12.1 Å². The Hall–Kier alpha value is -1.55. The molecule has 0 aliphatic carbocycles. The van der Waals surface area contributed by atoms with E-state index in [9.17, 15) is 17.6 Å². The van der Waals surface area contributed by atoms with Gasteiger partial charge in [-0.15, -0.1) is 0 Å². The highest BCUT2D eigenvalue weighted by Gasteiger charge is 2.34. The molecule has 7 nitrogen and oxygen atoms in total. The number of nitrogens with one attached hydrogen (secondary N) is 1. The third-order valence-electron chi connectivity index (χ3n) is 3.24. The quantitative estimate of drug-likeness (QED) is 0.770. The molecule has 1 aromatic rings. The van der Waals surface area contributed by atoms with Gasteiger partial charge in [0.1, 0.15) is 0 Å². The van der Waals surface area contributed by atoms with E-state index >= 15 is 0 Å². The molecule has 128 valence electrons. The number of benzene rings is 1. The van der Waals surface area contributed by atoms with Gasteiger partial charge < -0.3 is 14.6 Å². The lowest BCUT2D eigenvalue weighted by Crippen LogP contribution is -2.45. The summed E-state index contributed by atoms with van der Waals surface area (Å²) >= 11 is 0. The number of carbonyl (C=O) groups is 1. The summed E-state index contributed by atoms with van der Waals surface area (Å²) in [6.07, 6.45) is -0.294. The van der Waals surface area contributed by atoms with Gasteiger partial charge in [0.15, 0.2) is 5.67 Å². The van der Waals surface area contributed by atoms with E-state index in [1.54, 1.807) is 0 Å². The predicted octanol–water partition coefficient (Wildman–Crippen LogP) is 0.347. The number of alkyl halides is 1. The molecule has 0 saturated carbocycles. The minimum Gasteiger partial charge on any atom is -0.481 e. The van der Waals surface area contributed by atoms with Crippen molar-refractivity contribution in [3.05, 3.63) is 29.8 Å². The van der Waals surface area contributed by atoms with E-state index in [1.165, 1.54) is 24.3 Å². The molecule has 0 bridgehead atoms. The van der Waals surface area contributed by atoms with Gasteiger partial charge in [-0.2, -0.15) is 0 Å². The van der Waals surface area contributed by atoms with Crippen LogP contribution in [0.3, 0.4) is 0 Å². The topological polar surface area (TPSA) is 102 Å². The Bertz CT molecular complexity index is 655. The van der Waals surface area contributed by atoms with E-state index in [4.69, 9.17) is 14.6 Å². The fourth-order valence-electron chi connectivity index (χ4n) is 2.08. The summed E-state index contributed by atoms with van der Waals surface area (Å²) < 4.78 is 51.2. The SMILES string of the molecule is O=C(O)Cc1cccc(S(=O)(=O)NCC2(F)COCCOC2)c1. The first kappa shape index (κ1) is 17.8. The Morgan fingerprint density at radius 2 is 1.96 bits per heavy atom. The molecule has 0 spiro atoms. The van der Waals surface area contributed by atoms with Crippen LogP contribution in [0.1, 0.15) is 5.56 Å². The summed E-state index contributed by atoms with van der Waals surface area (Å²) in [4.78, 5) is 10.6. The number of carboxylic acids is 1. The fourth-order valence-corrected chi connectivity index (χ4v) is 3.26. The van der Waals surface area contributed by atoms with Crippen molar-refractivity contribution in [3.63, 3.8) is 0 Å². The number of rotatable bonds is 6. The van der Waals surface area contributed by atoms with E-state index in [0.717, 1.165) is 0 Å². The molecule has 23 heavy (non-hydrogen) atoms. The molecular formula is C14H18FNO6S. The number of carboxylic acid groups (broad SMARTS) is 1. The lowest BCUT2D eigenvalue weighted by molar-refractivity contribution is -0.136. The monoisotopic (exact) mass is 347 g/mol. The van der Waals surface area contributed by atoms with Gasteiger partial charge in [0.2, 0.25) is 10.0 Å². The first-order chi connectivity index (χ1) is 10.8. The van der Waals surface area contributed by atoms with Crippen molar-refractivity contribution in [1.29, 1.82) is 0 Å². The zero-order valence-corrected chi connectivity index (χ0v) is 13.1. The Labute approximate surface area is 133 Å². The van der Waals surface area contributed by atoms with Crippen molar-refractivity contribution in [2.45, 2.75) is 17.0 Å². The van der Waals surface area contributed by atoms with E-state index in [0.29, 0.717) is 5.56 Å².